The Balaban J connectivity index is 2.22. The number of rotatable bonds is 8. The molecule has 1 N–H and O–H groups in total. The Morgan fingerprint density at radius 1 is 1.30 bits per heavy atom. The van der Waals surface area contributed by atoms with Crippen molar-refractivity contribution in [1.29, 1.82) is 0 Å². The van der Waals surface area contributed by atoms with E-state index in [9.17, 15) is 4.79 Å². The number of nitrogens with one attached hydrogen (secondary N) is 1. The highest BCUT2D eigenvalue weighted by molar-refractivity contribution is 8.23. The number of benzene rings is 1. The molecule has 1 amide bonds. The number of aryl methyl sites for hydroxylation is 2. The summed E-state index contributed by atoms with van der Waals surface area (Å²) in [5.74, 6) is 1.19. The van der Waals surface area contributed by atoms with E-state index in [0.717, 1.165) is 28.7 Å². The van der Waals surface area contributed by atoms with Gasteiger partial charge in [-0.05, 0) is 39.3 Å². The van der Waals surface area contributed by atoms with E-state index in [4.69, 9.17) is 17.0 Å². The van der Waals surface area contributed by atoms with Gasteiger partial charge in [-0.1, -0.05) is 41.7 Å². The van der Waals surface area contributed by atoms with Crippen molar-refractivity contribution in [3.8, 4) is 5.75 Å². The smallest absolute Gasteiger partial charge is 0.230 e. The summed E-state index contributed by atoms with van der Waals surface area (Å²) >= 11 is 6.71. The minimum Gasteiger partial charge on any atom is -0.491 e. The number of thiocarbonyl (C=S) groups is 1. The Kier molecular flexibility index (Phi) is 9.02. The molecule has 0 aliphatic carbocycles. The molecule has 0 heterocycles. The second-order valence-corrected chi connectivity index (χ2v) is 6.80. The van der Waals surface area contributed by atoms with Crippen LogP contribution in [0.15, 0.2) is 18.2 Å². The zero-order chi connectivity index (χ0) is 17.2. The first-order chi connectivity index (χ1) is 11.0. The van der Waals surface area contributed by atoms with Crippen molar-refractivity contribution in [2.45, 2.75) is 27.7 Å². The van der Waals surface area contributed by atoms with Crippen LogP contribution in [-0.4, -0.2) is 47.1 Å². The number of amides is 1. The van der Waals surface area contributed by atoms with Crippen molar-refractivity contribution >= 4 is 34.2 Å². The van der Waals surface area contributed by atoms with Crippen LogP contribution in [0.2, 0.25) is 0 Å². The van der Waals surface area contributed by atoms with Gasteiger partial charge in [-0.2, -0.15) is 0 Å². The highest BCUT2D eigenvalue weighted by Crippen LogP contribution is 2.18. The lowest BCUT2D eigenvalue weighted by Gasteiger charge is -2.20. The summed E-state index contributed by atoms with van der Waals surface area (Å²) in [6, 6.07) is 6.06. The van der Waals surface area contributed by atoms with Gasteiger partial charge in [-0.25, -0.2) is 0 Å². The minimum atomic E-state index is -0.0197. The first-order valence-electron chi connectivity index (χ1n) is 7.86. The van der Waals surface area contributed by atoms with Crippen molar-refractivity contribution < 1.29 is 9.53 Å². The quantitative estimate of drug-likeness (QED) is 0.574. The second-order valence-electron chi connectivity index (χ2n) is 5.19. The van der Waals surface area contributed by atoms with Crippen molar-refractivity contribution in [2.24, 2.45) is 0 Å². The molecule has 0 bridgehead atoms. The van der Waals surface area contributed by atoms with E-state index in [1.165, 1.54) is 17.3 Å². The molecule has 23 heavy (non-hydrogen) atoms. The van der Waals surface area contributed by atoms with Gasteiger partial charge in [0.25, 0.3) is 0 Å². The zero-order valence-electron chi connectivity index (χ0n) is 14.3. The Morgan fingerprint density at radius 2 is 2.00 bits per heavy atom. The maximum Gasteiger partial charge on any atom is 0.230 e. The SMILES string of the molecule is CCN(CC)C(=S)SCC(=O)NCCOc1ccc(C)cc1C. The predicted octanol–water partition coefficient (Wildman–Crippen LogP) is 3.16. The number of thioether (sulfide) groups is 1. The van der Waals surface area contributed by atoms with Crippen LogP contribution in [-0.2, 0) is 4.79 Å². The first-order valence-corrected chi connectivity index (χ1v) is 9.25. The van der Waals surface area contributed by atoms with E-state index >= 15 is 0 Å². The lowest BCUT2D eigenvalue weighted by atomic mass is 10.1. The number of hydrogen-bond acceptors (Lipinski definition) is 4. The molecule has 0 radical (unpaired) electrons. The summed E-state index contributed by atoms with van der Waals surface area (Å²) in [6.45, 7) is 10.9. The summed E-state index contributed by atoms with van der Waals surface area (Å²) in [6.07, 6.45) is 0. The van der Waals surface area contributed by atoms with Crippen LogP contribution < -0.4 is 10.1 Å². The normalized spacial score (nSPS) is 10.3. The fraction of sp³-hybridized carbons (Fsp3) is 0.529. The molecule has 128 valence electrons. The second kappa shape index (κ2) is 10.5. The number of nitrogens with zero attached hydrogens (tertiary/aromatic N) is 1. The fourth-order valence-corrected chi connectivity index (χ4v) is 3.30. The molecule has 1 aromatic rings. The fourth-order valence-electron chi connectivity index (χ4n) is 2.06. The van der Waals surface area contributed by atoms with Crippen LogP contribution in [0.3, 0.4) is 0 Å². The highest BCUT2D eigenvalue weighted by Gasteiger charge is 2.09. The molecule has 1 rings (SSSR count). The average molecular weight is 355 g/mol. The lowest BCUT2D eigenvalue weighted by molar-refractivity contribution is -0.118. The molecule has 0 fully saturated rings. The molecule has 0 saturated heterocycles. The van der Waals surface area contributed by atoms with E-state index in [-0.39, 0.29) is 5.91 Å². The molecule has 0 aliphatic rings. The third-order valence-corrected chi connectivity index (χ3v) is 4.88. The number of ether oxygens (including phenoxy) is 1. The van der Waals surface area contributed by atoms with Gasteiger partial charge in [0.1, 0.15) is 16.7 Å². The van der Waals surface area contributed by atoms with Gasteiger partial charge in [0, 0.05) is 13.1 Å². The lowest BCUT2D eigenvalue weighted by Crippen LogP contribution is -2.32. The topological polar surface area (TPSA) is 41.6 Å². The van der Waals surface area contributed by atoms with Gasteiger partial charge in [0.2, 0.25) is 5.91 Å². The van der Waals surface area contributed by atoms with E-state index in [0.29, 0.717) is 18.9 Å². The van der Waals surface area contributed by atoms with Crippen molar-refractivity contribution in [2.75, 3.05) is 32.0 Å². The van der Waals surface area contributed by atoms with Crippen molar-refractivity contribution in [1.82, 2.24) is 10.2 Å². The van der Waals surface area contributed by atoms with Crippen molar-refractivity contribution in [3.63, 3.8) is 0 Å². The van der Waals surface area contributed by atoms with Crippen LogP contribution in [0.1, 0.15) is 25.0 Å². The molecule has 0 spiro atoms. The van der Waals surface area contributed by atoms with Crippen LogP contribution in [0.25, 0.3) is 0 Å². The molecule has 0 aliphatic heterocycles. The molecule has 6 heteroatoms. The maximum absolute atomic E-state index is 11.8. The van der Waals surface area contributed by atoms with Gasteiger partial charge in [0.15, 0.2) is 0 Å². The summed E-state index contributed by atoms with van der Waals surface area (Å²) in [7, 11) is 0. The number of carbonyl (C=O) groups excluding carboxylic acids is 1. The monoisotopic (exact) mass is 354 g/mol. The summed E-state index contributed by atoms with van der Waals surface area (Å²) in [5, 5.41) is 2.85. The molecule has 0 atom stereocenters. The van der Waals surface area contributed by atoms with E-state index in [1.807, 2.05) is 19.1 Å². The average Bonchev–Trinajstić information content (AvgIpc) is 2.52. The molecule has 0 unspecified atom stereocenters. The molecular formula is C17H26N2O2S2. The Morgan fingerprint density at radius 3 is 2.61 bits per heavy atom. The van der Waals surface area contributed by atoms with E-state index < -0.39 is 0 Å². The van der Waals surface area contributed by atoms with Gasteiger partial charge < -0.3 is 15.0 Å². The number of carbonyl (C=O) groups is 1. The van der Waals surface area contributed by atoms with Crippen LogP contribution in [0.5, 0.6) is 5.75 Å². The third-order valence-electron chi connectivity index (χ3n) is 3.36. The van der Waals surface area contributed by atoms with Gasteiger partial charge in [-0.3, -0.25) is 4.79 Å². The van der Waals surface area contributed by atoms with Gasteiger partial charge >= 0.3 is 0 Å². The molecule has 1 aromatic carbocycles. The summed E-state index contributed by atoms with van der Waals surface area (Å²) in [4.78, 5) is 13.9. The van der Waals surface area contributed by atoms with Gasteiger partial charge in [-0.15, -0.1) is 0 Å². The standard InChI is InChI=1S/C17H26N2O2S2/c1-5-19(6-2)17(22)23-12-16(20)18-9-10-21-15-8-7-13(3)11-14(15)4/h7-8,11H,5-6,9-10,12H2,1-4H3,(H,18,20). The van der Waals surface area contributed by atoms with Gasteiger partial charge in [0.05, 0.1) is 12.3 Å². The summed E-state index contributed by atoms with van der Waals surface area (Å²) < 4.78 is 6.46. The number of hydrogen-bond donors (Lipinski definition) is 1. The largest absolute Gasteiger partial charge is 0.491 e. The Bertz CT molecular complexity index is 531. The first kappa shape index (κ1) is 19.8. The third kappa shape index (κ3) is 7.22. The molecular weight excluding hydrogens is 328 g/mol. The summed E-state index contributed by atoms with van der Waals surface area (Å²) in [5.41, 5.74) is 2.32. The zero-order valence-corrected chi connectivity index (χ0v) is 16.0. The maximum atomic E-state index is 11.8. The van der Waals surface area contributed by atoms with Crippen LogP contribution in [0, 0.1) is 13.8 Å². The molecule has 0 aromatic heterocycles. The molecule has 0 saturated carbocycles. The van der Waals surface area contributed by atoms with Crippen LogP contribution >= 0.6 is 24.0 Å². The van der Waals surface area contributed by atoms with Crippen molar-refractivity contribution in [3.05, 3.63) is 29.3 Å². The van der Waals surface area contributed by atoms with Crippen LogP contribution in [0.4, 0.5) is 0 Å². The predicted molar refractivity (Wildman–Crippen MR) is 102 cm³/mol. The Hall–Kier alpha value is -1.27. The minimum absolute atomic E-state index is 0.0197. The Labute approximate surface area is 149 Å². The molecule has 4 nitrogen and oxygen atoms in total. The van der Waals surface area contributed by atoms with E-state index in [1.54, 1.807) is 0 Å². The highest BCUT2D eigenvalue weighted by atomic mass is 32.2. The van der Waals surface area contributed by atoms with E-state index in [2.05, 4.69) is 37.1 Å².